The normalized spacial score (nSPS) is 18.6. The molecule has 1 aliphatic rings. The van der Waals surface area contributed by atoms with Crippen molar-refractivity contribution < 1.29 is 17.9 Å². The van der Waals surface area contributed by atoms with Crippen molar-refractivity contribution in [3.63, 3.8) is 0 Å². The Hall–Kier alpha value is -2.69. The highest BCUT2D eigenvalue weighted by atomic mass is 32.2. The van der Waals surface area contributed by atoms with Crippen LogP contribution < -0.4 is 20.3 Å². The van der Waals surface area contributed by atoms with Crippen LogP contribution in [0.1, 0.15) is 42.6 Å². The zero-order chi connectivity index (χ0) is 27.2. The van der Waals surface area contributed by atoms with E-state index in [0.717, 1.165) is 35.5 Å². The van der Waals surface area contributed by atoms with E-state index in [-0.39, 0.29) is 17.8 Å². The van der Waals surface area contributed by atoms with Crippen molar-refractivity contribution in [1.82, 2.24) is 10.3 Å². The molecule has 37 heavy (non-hydrogen) atoms. The van der Waals surface area contributed by atoms with Gasteiger partial charge in [0.15, 0.2) is 0 Å². The Balaban J connectivity index is 1.88. The monoisotopic (exact) mass is 531 g/mol. The Kier molecular flexibility index (Phi) is 9.92. The number of pyridine rings is 1. The summed E-state index contributed by atoms with van der Waals surface area (Å²) in [6.45, 7) is 5.94. The topological polar surface area (TPSA) is 118 Å². The summed E-state index contributed by atoms with van der Waals surface area (Å²) in [6, 6.07) is 12.2. The van der Waals surface area contributed by atoms with Gasteiger partial charge in [-0.3, -0.25) is 9.10 Å². The fraction of sp³-hybridized carbons (Fsp3) is 0.556. The van der Waals surface area contributed by atoms with E-state index < -0.39 is 16.1 Å². The average molecular weight is 532 g/mol. The molecule has 1 aromatic heterocycles. The van der Waals surface area contributed by atoms with E-state index >= 15 is 0 Å². The number of carbonyl (C=O) groups is 1. The molecule has 3 N–H and O–H groups in total. The van der Waals surface area contributed by atoms with Crippen molar-refractivity contribution in [2.24, 2.45) is 17.6 Å². The fourth-order valence-electron chi connectivity index (χ4n) is 4.17. The molecule has 0 spiro atoms. The summed E-state index contributed by atoms with van der Waals surface area (Å²) >= 11 is 0. The number of ether oxygens (including phenoxy) is 1. The number of benzene rings is 1. The third kappa shape index (κ3) is 8.41. The Bertz CT molecular complexity index is 1140. The SMILES string of the molecule is CCCOC[C@H](N)C(Cc1ccccc1)NC(=O)c1cc(N(C)C[C@H]2C[C@@H]2C)nc(N(C)S(C)(=O)=O)c1. The van der Waals surface area contributed by atoms with Gasteiger partial charge in [-0.2, -0.15) is 0 Å². The van der Waals surface area contributed by atoms with Gasteiger partial charge >= 0.3 is 0 Å². The number of anilines is 2. The van der Waals surface area contributed by atoms with E-state index in [1.54, 1.807) is 6.07 Å². The Morgan fingerprint density at radius 3 is 2.46 bits per heavy atom. The number of carbonyl (C=O) groups excluding carboxylic acids is 1. The zero-order valence-electron chi connectivity index (χ0n) is 22.6. The number of nitrogens with zero attached hydrogens (tertiary/aromatic N) is 3. The fourth-order valence-corrected chi connectivity index (χ4v) is 4.60. The summed E-state index contributed by atoms with van der Waals surface area (Å²) < 4.78 is 31.3. The van der Waals surface area contributed by atoms with Crippen LogP contribution in [-0.2, 0) is 21.2 Å². The molecule has 1 unspecified atom stereocenters. The van der Waals surface area contributed by atoms with Crippen molar-refractivity contribution in [1.29, 1.82) is 0 Å². The average Bonchev–Trinajstić information content (AvgIpc) is 3.56. The van der Waals surface area contributed by atoms with Crippen LogP contribution in [0.3, 0.4) is 0 Å². The Labute approximate surface area is 221 Å². The zero-order valence-corrected chi connectivity index (χ0v) is 23.4. The van der Waals surface area contributed by atoms with Crippen molar-refractivity contribution in [2.45, 2.75) is 45.2 Å². The number of hydrogen-bond acceptors (Lipinski definition) is 7. The molecule has 0 radical (unpaired) electrons. The lowest BCUT2D eigenvalue weighted by Crippen LogP contribution is -2.51. The molecule has 204 valence electrons. The van der Waals surface area contributed by atoms with Gasteiger partial charge in [0.1, 0.15) is 11.6 Å². The molecular formula is C27H41N5O4S. The molecule has 10 heteroatoms. The van der Waals surface area contributed by atoms with E-state index in [1.165, 1.54) is 13.1 Å². The highest BCUT2D eigenvalue weighted by molar-refractivity contribution is 7.92. The van der Waals surface area contributed by atoms with Gasteiger partial charge in [0, 0.05) is 38.9 Å². The third-order valence-electron chi connectivity index (χ3n) is 6.85. The van der Waals surface area contributed by atoms with E-state index in [2.05, 4.69) is 17.2 Å². The lowest BCUT2D eigenvalue weighted by atomic mass is 9.99. The second-order valence-electron chi connectivity index (χ2n) is 10.2. The minimum Gasteiger partial charge on any atom is -0.380 e. The van der Waals surface area contributed by atoms with Crippen LogP contribution >= 0.6 is 0 Å². The first-order valence-electron chi connectivity index (χ1n) is 12.8. The molecule has 1 aliphatic carbocycles. The second kappa shape index (κ2) is 12.7. The van der Waals surface area contributed by atoms with Crippen LogP contribution in [0.5, 0.6) is 0 Å². The molecule has 9 nitrogen and oxygen atoms in total. The number of sulfonamides is 1. The maximum absolute atomic E-state index is 13.5. The van der Waals surface area contributed by atoms with Gasteiger partial charge in [-0.25, -0.2) is 13.4 Å². The first-order valence-corrected chi connectivity index (χ1v) is 14.7. The lowest BCUT2D eigenvalue weighted by Gasteiger charge is -2.26. The van der Waals surface area contributed by atoms with E-state index in [4.69, 9.17) is 10.5 Å². The number of hydrogen-bond donors (Lipinski definition) is 2. The van der Waals surface area contributed by atoms with Crippen molar-refractivity contribution in [3.05, 3.63) is 53.6 Å². The second-order valence-corrected chi connectivity index (χ2v) is 12.2. The molecule has 1 heterocycles. The van der Waals surface area contributed by atoms with Crippen LogP contribution in [0, 0.1) is 11.8 Å². The summed E-state index contributed by atoms with van der Waals surface area (Å²) in [5.41, 5.74) is 7.84. The molecular weight excluding hydrogens is 490 g/mol. The smallest absolute Gasteiger partial charge is 0.251 e. The maximum atomic E-state index is 13.5. The molecule has 4 atom stereocenters. The molecule has 0 bridgehead atoms. The molecule has 3 rings (SSSR count). The first kappa shape index (κ1) is 28.9. The van der Waals surface area contributed by atoms with Gasteiger partial charge < -0.3 is 20.7 Å². The predicted molar refractivity (Wildman–Crippen MR) is 149 cm³/mol. The number of rotatable bonds is 14. The van der Waals surface area contributed by atoms with Crippen molar-refractivity contribution in [3.8, 4) is 0 Å². The van der Waals surface area contributed by atoms with Gasteiger partial charge in [0.2, 0.25) is 10.0 Å². The van der Waals surface area contributed by atoms with Gasteiger partial charge in [-0.1, -0.05) is 44.2 Å². The van der Waals surface area contributed by atoms with Gasteiger partial charge in [-0.15, -0.1) is 0 Å². The van der Waals surface area contributed by atoms with Crippen LogP contribution in [0.4, 0.5) is 11.6 Å². The molecule has 0 aliphatic heterocycles. The molecule has 2 aromatic rings. The van der Waals surface area contributed by atoms with Gasteiger partial charge in [-0.05, 0) is 48.8 Å². The molecule has 1 aromatic carbocycles. The minimum atomic E-state index is -3.57. The van der Waals surface area contributed by atoms with Crippen molar-refractivity contribution >= 4 is 27.6 Å². The Morgan fingerprint density at radius 1 is 1.22 bits per heavy atom. The van der Waals surface area contributed by atoms with Crippen molar-refractivity contribution in [2.75, 3.05) is 49.3 Å². The summed E-state index contributed by atoms with van der Waals surface area (Å²) in [5.74, 6) is 1.62. The standard InChI is InChI=1S/C27H41N5O4S/c1-6-12-36-18-23(28)24(14-20-10-8-7-9-11-20)29-27(33)21-15-25(31(3)17-22-13-19(22)2)30-26(16-21)32(4)37(5,34)35/h7-11,15-16,19,22-24H,6,12-14,17-18,28H2,1-5H3,(H,29,33)/t19-,22+,23-,24?/m0/s1. The quantitative estimate of drug-likeness (QED) is 0.360. The number of aromatic nitrogens is 1. The first-order chi connectivity index (χ1) is 17.5. The van der Waals surface area contributed by atoms with Crippen LogP contribution in [-0.4, -0.2) is 71.5 Å². The van der Waals surface area contributed by atoms with E-state index in [0.29, 0.717) is 42.9 Å². The van der Waals surface area contributed by atoms with Gasteiger partial charge in [0.25, 0.3) is 5.91 Å². The molecule has 1 saturated carbocycles. The van der Waals surface area contributed by atoms with E-state index in [1.807, 2.05) is 49.2 Å². The number of nitrogens with one attached hydrogen (secondary N) is 1. The number of nitrogens with two attached hydrogens (primary N) is 1. The highest BCUT2D eigenvalue weighted by Gasteiger charge is 2.34. The van der Waals surface area contributed by atoms with E-state index in [9.17, 15) is 13.2 Å². The predicted octanol–water partition coefficient (Wildman–Crippen LogP) is 2.66. The lowest BCUT2D eigenvalue weighted by molar-refractivity contribution is 0.0879. The summed E-state index contributed by atoms with van der Waals surface area (Å²) in [5, 5.41) is 3.08. The summed E-state index contributed by atoms with van der Waals surface area (Å²) in [6.07, 6.45) is 3.68. The Morgan fingerprint density at radius 2 is 1.86 bits per heavy atom. The third-order valence-corrected chi connectivity index (χ3v) is 8.03. The molecule has 1 amide bonds. The maximum Gasteiger partial charge on any atom is 0.251 e. The largest absolute Gasteiger partial charge is 0.380 e. The van der Waals surface area contributed by atoms with Crippen LogP contribution in [0.25, 0.3) is 0 Å². The summed E-state index contributed by atoms with van der Waals surface area (Å²) in [7, 11) is -0.215. The number of amides is 1. The van der Waals surface area contributed by atoms with Crippen LogP contribution in [0.15, 0.2) is 42.5 Å². The minimum absolute atomic E-state index is 0.191. The van der Waals surface area contributed by atoms with Crippen LogP contribution in [0.2, 0.25) is 0 Å². The molecule has 0 saturated heterocycles. The van der Waals surface area contributed by atoms with Gasteiger partial charge in [0.05, 0.1) is 18.9 Å². The molecule has 1 fully saturated rings. The summed E-state index contributed by atoms with van der Waals surface area (Å²) in [4.78, 5) is 20.1. The highest BCUT2D eigenvalue weighted by Crippen LogP contribution is 2.38.